The van der Waals surface area contributed by atoms with Crippen LogP contribution in [0.5, 0.6) is 0 Å². The van der Waals surface area contributed by atoms with Crippen molar-refractivity contribution in [1.82, 2.24) is 0 Å². The quantitative estimate of drug-likeness (QED) is 0.601. The molecular formula is C9H18O2. The van der Waals surface area contributed by atoms with Gasteiger partial charge in [0.25, 0.3) is 0 Å². The van der Waals surface area contributed by atoms with E-state index >= 15 is 0 Å². The molecule has 1 aliphatic carbocycles. The van der Waals surface area contributed by atoms with E-state index in [2.05, 4.69) is 13.8 Å². The summed E-state index contributed by atoms with van der Waals surface area (Å²) < 4.78 is 0. The van der Waals surface area contributed by atoms with Gasteiger partial charge >= 0.3 is 0 Å². The second-order valence-corrected chi connectivity index (χ2v) is 3.94. The van der Waals surface area contributed by atoms with Crippen LogP contribution in [0.4, 0.5) is 0 Å². The van der Waals surface area contributed by atoms with E-state index in [9.17, 15) is 10.2 Å². The molecule has 1 rings (SSSR count). The Bertz CT molecular complexity index is 123. The zero-order valence-corrected chi connectivity index (χ0v) is 7.33. The van der Waals surface area contributed by atoms with E-state index in [4.69, 9.17) is 0 Å². The van der Waals surface area contributed by atoms with Crippen molar-refractivity contribution < 1.29 is 10.2 Å². The molecule has 0 unspecified atom stereocenters. The third kappa shape index (κ3) is 2.17. The lowest BCUT2D eigenvalue weighted by Crippen LogP contribution is -2.34. The number of hydrogen-bond acceptors (Lipinski definition) is 2. The minimum Gasteiger partial charge on any atom is -0.393 e. The SMILES string of the molecule is CC(C)[C@H]1CC[C@@H](O)C[C@H]1O. The van der Waals surface area contributed by atoms with Gasteiger partial charge in [-0.15, -0.1) is 0 Å². The third-order valence-electron chi connectivity index (χ3n) is 2.70. The minimum absolute atomic E-state index is 0.264. The van der Waals surface area contributed by atoms with E-state index in [0.29, 0.717) is 18.3 Å². The van der Waals surface area contributed by atoms with Gasteiger partial charge in [-0.25, -0.2) is 0 Å². The maximum absolute atomic E-state index is 9.55. The topological polar surface area (TPSA) is 40.5 Å². The summed E-state index contributed by atoms with van der Waals surface area (Å²) in [5.74, 6) is 0.941. The van der Waals surface area contributed by atoms with Gasteiger partial charge in [0, 0.05) is 0 Å². The number of aliphatic hydroxyl groups is 2. The Morgan fingerprint density at radius 3 is 2.27 bits per heavy atom. The molecule has 0 amide bonds. The lowest BCUT2D eigenvalue weighted by atomic mass is 9.78. The second-order valence-electron chi connectivity index (χ2n) is 3.94. The summed E-state index contributed by atoms with van der Waals surface area (Å²) in [4.78, 5) is 0. The number of aliphatic hydroxyl groups excluding tert-OH is 2. The zero-order valence-electron chi connectivity index (χ0n) is 7.33. The van der Waals surface area contributed by atoms with Gasteiger partial charge in [0.1, 0.15) is 0 Å². The summed E-state index contributed by atoms with van der Waals surface area (Å²) in [6.45, 7) is 4.26. The Morgan fingerprint density at radius 1 is 1.18 bits per heavy atom. The van der Waals surface area contributed by atoms with Crippen LogP contribution in [-0.4, -0.2) is 22.4 Å². The predicted octanol–water partition coefficient (Wildman–Crippen LogP) is 1.16. The molecule has 2 N–H and O–H groups in total. The van der Waals surface area contributed by atoms with Crippen molar-refractivity contribution in [2.45, 2.75) is 45.3 Å². The predicted molar refractivity (Wildman–Crippen MR) is 44.2 cm³/mol. The first-order valence-electron chi connectivity index (χ1n) is 4.47. The van der Waals surface area contributed by atoms with Crippen LogP contribution in [0.25, 0.3) is 0 Å². The Morgan fingerprint density at radius 2 is 1.82 bits per heavy atom. The van der Waals surface area contributed by atoms with Crippen LogP contribution in [0, 0.1) is 11.8 Å². The highest BCUT2D eigenvalue weighted by molar-refractivity contribution is 4.80. The summed E-state index contributed by atoms with van der Waals surface area (Å²) in [5.41, 5.74) is 0. The maximum atomic E-state index is 9.55. The van der Waals surface area contributed by atoms with Crippen LogP contribution in [0.15, 0.2) is 0 Å². The molecule has 1 fully saturated rings. The van der Waals surface area contributed by atoms with Gasteiger partial charge in [-0.3, -0.25) is 0 Å². The maximum Gasteiger partial charge on any atom is 0.0595 e. The van der Waals surface area contributed by atoms with E-state index in [1.165, 1.54) is 0 Å². The Labute approximate surface area is 68.2 Å². The standard InChI is InChI=1S/C9H18O2/c1-6(2)8-4-3-7(10)5-9(8)11/h6-11H,3-5H2,1-2H3/t7-,8-,9-/m1/s1. The fourth-order valence-electron chi connectivity index (χ4n) is 1.93. The molecule has 0 spiro atoms. The molecule has 2 nitrogen and oxygen atoms in total. The van der Waals surface area contributed by atoms with E-state index in [-0.39, 0.29) is 12.2 Å². The van der Waals surface area contributed by atoms with Crippen molar-refractivity contribution in [2.75, 3.05) is 0 Å². The monoisotopic (exact) mass is 158 g/mol. The third-order valence-corrected chi connectivity index (χ3v) is 2.70. The lowest BCUT2D eigenvalue weighted by molar-refractivity contribution is -0.0142. The van der Waals surface area contributed by atoms with Crippen molar-refractivity contribution >= 4 is 0 Å². The molecule has 0 aromatic rings. The summed E-state index contributed by atoms with van der Waals surface area (Å²) in [5, 5.41) is 18.8. The van der Waals surface area contributed by atoms with Crippen molar-refractivity contribution in [3.8, 4) is 0 Å². The van der Waals surface area contributed by atoms with E-state index < -0.39 is 0 Å². The first kappa shape index (κ1) is 9.01. The summed E-state index contributed by atoms with van der Waals surface area (Å²) >= 11 is 0. The zero-order chi connectivity index (χ0) is 8.43. The molecule has 11 heavy (non-hydrogen) atoms. The average molecular weight is 158 g/mol. The molecule has 0 aromatic heterocycles. The van der Waals surface area contributed by atoms with Gasteiger partial charge in [-0.1, -0.05) is 13.8 Å². The van der Waals surface area contributed by atoms with Crippen molar-refractivity contribution in [3.05, 3.63) is 0 Å². The minimum atomic E-state index is -0.279. The summed E-state index contributed by atoms with van der Waals surface area (Å²) in [6.07, 6.45) is 1.86. The Balaban J connectivity index is 2.44. The normalized spacial score (nSPS) is 39.5. The summed E-state index contributed by atoms with van der Waals surface area (Å²) in [7, 11) is 0. The van der Waals surface area contributed by atoms with Gasteiger partial charge < -0.3 is 10.2 Å². The van der Waals surface area contributed by atoms with Gasteiger partial charge in [0.15, 0.2) is 0 Å². The highest BCUT2D eigenvalue weighted by Gasteiger charge is 2.29. The molecule has 0 aromatic carbocycles. The molecule has 1 saturated carbocycles. The highest BCUT2D eigenvalue weighted by Crippen LogP contribution is 2.30. The van der Waals surface area contributed by atoms with Gasteiger partial charge in [-0.05, 0) is 31.1 Å². The molecule has 0 radical (unpaired) electrons. The summed E-state index contributed by atoms with van der Waals surface area (Å²) in [6, 6.07) is 0. The second kappa shape index (κ2) is 3.55. The van der Waals surface area contributed by atoms with Crippen molar-refractivity contribution in [1.29, 1.82) is 0 Å². The van der Waals surface area contributed by atoms with Crippen LogP contribution in [0.3, 0.4) is 0 Å². The molecule has 66 valence electrons. The Hall–Kier alpha value is -0.0800. The average Bonchev–Trinajstić information content (AvgIpc) is 1.85. The van der Waals surface area contributed by atoms with Crippen LogP contribution in [0.2, 0.25) is 0 Å². The van der Waals surface area contributed by atoms with Gasteiger partial charge in [0.2, 0.25) is 0 Å². The molecular weight excluding hydrogens is 140 g/mol. The van der Waals surface area contributed by atoms with Crippen molar-refractivity contribution in [3.63, 3.8) is 0 Å². The highest BCUT2D eigenvalue weighted by atomic mass is 16.3. The van der Waals surface area contributed by atoms with Crippen LogP contribution in [0.1, 0.15) is 33.1 Å². The number of hydrogen-bond donors (Lipinski definition) is 2. The van der Waals surface area contributed by atoms with E-state index in [0.717, 1.165) is 12.8 Å². The Kier molecular flexibility index (Phi) is 2.90. The van der Waals surface area contributed by atoms with E-state index in [1.807, 2.05) is 0 Å². The molecule has 3 atom stereocenters. The molecule has 2 heteroatoms. The molecule has 0 bridgehead atoms. The fraction of sp³-hybridized carbons (Fsp3) is 1.00. The first-order valence-corrected chi connectivity index (χ1v) is 4.47. The lowest BCUT2D eigenvalue weighted by Gasteiger charge is -2.33. The van der Waals surface area contributed by atoms with Gasteiger partial charge in [0.05, 0.1) is 12.2 Å². The van der Waals surface area contributed by atoms with Crippen LogP contribution in [-0.2, 0) is 0 Å². The van der Waals surface area contributed by atoms with Crippen LogP contribution < -0.4 is 0 Å². The van der Waals surface area contributed by atoms with E-state index in [1.54, 1.807) is 0 Å². The van der Waals surface area contributed by atoms with Crippen LogP contribution >= 0.6 is 0 Å². The number of rotatable bonds is 1. The first-order chi connectivity index (χ1) is 5.11. The molecule has 1 aliphatic rings. The van der Waals surface area contributed by atoms with Gasteiger partial charge in [-0.2, -0.15) is 0 Å². The van der Waals surface area contributed by atoms with Crippen molar-refractivity contribution in [2.24, 2.45) is 11.8 Å². The molecule has 0 saturated heterocycles. The fourth-order valence-corrected chi connectivity index (χ4v) is 1.93. The molecule has 0 heterocycles. The largest absolute Gasteiger partial charge is 0.393 e. The smallest absolute Gasteiger partial charge is 0.0595 e. The molecule has 0 aliphatic heterocycles.